The van der Waals surface area contributed by atoms with E-state index in [4.69, 9.17) is 0 Å². The van der Waals surface area contributed by atoms with E-state index in [1.807, 2.05) is 0 Å². The van der Waals surface area contributed by atoms with Gasteiger partial charge in [-0.25, -0.2) is 0 Å². The number of aromatic amines is 1. The molecule has 1 N–H and O–H groups in total. The summed E-state index contributed by atoms with van der Waals surface area (Å²) in [6.45, 7) is 0. The van der Waals surface area contributed by atoms with Gasteiger partial charge in [0, 0.05) is 30.2 Å². The summed E-state index contributed by atoms with van der Waals surface area (Å²) in [7, 11) is 0. The number of alkyl halides is 6. The van der Waals surface area contributed by atoms with E-state index in [9.17, 15) is 31.1 Å². The highest BCUT2D eigenvalue weighted by atomic mass is 19.4. The Kier molecular flexibility index (Phi) is 5.26. The Morgan fingerprint density at radius 2 is 1.68 bits per heavy atom. The third kappa shape index (κ3) is 4.28. The second-order valence-corrected chi connectivity index (χ2v) is 7.71. The molecule has 0 aliphatic heterocycles. The van der Waals surface area contributed by atoms with Gasteiger partial charge in [0.2, 0.25) is 0 Å². The number of hydrogen-bond acceptors (Lipinski definition) is 3. The van der Waals surface area contributed by atoms with Crippen LogP contribution in [0.25, 0.3) is 22.2 Å². The van der Waals surface area contributed by atoms with Gasteiger partial charge in [-0.3, -0.25) is 14.8 Å². The zero-order chi connectivity index (χ0) is 22.4. The highest BCUT2D eigenvalue weighted by Crippen LogP contribution is 2.45. The Morgan fingerprint density at radius 1 is 0.968 bits per heavy atom. The Balaban J connectivity index is 1.80. The molecule has 3 aromatic rings. The van der Waals surface area contributed by atoms with Crippen LogP contribution in [-0.4, -0.2) is 21.1 Å². The number of hydrogen-bond donors (Lipinski definition) is 1. The molecule has 0 amide bonds. The quantitative estimate of drug-likeness (QED) is 0.509. The van der Waals surface area contributed by atoms with Crippen molar-refractivity contribution in [1.82, 2.24) is 15.0 Å². The topological polar surface area (TPSA) is 58.6 Å². The zero-order valence-electron chi connectivity index (χ0n) is 16.0. The van der Waals surface area contributed by atoms with E-state index in [1.165, 1.54) is 18.5 Å². The number of rotatable bonds is 2. The first-order chi connectivity index (χ1) is 14.5. The van der Waals surface area contributed by atoms with Crippen LogP contribution in [0, 0.1) is 5.92 Å². The third-order valence-electron chi connectivity index (χ3n) is 5.78. The molecule has 1 aliphatic rings. The Bertz CT molecular complexity index is 1160. The molecule has 0 bridgehead atoms. The first-order valence-corrected chi connectivity index (χ1v) is 9.65. The summed E-state index contributed by atoms with van der Waals surface area (Å²) in [5.41, 5.74) is -0.256. The molecule has 0 saturated heterocycles. The lowest BCUT2D eigenvalue weighted by Crippen LogP contribution is -2.27. The smallest absolute Gasteiger partial charge is 0.354 e. The minimum atomic E-state index is -4.70. The van der Waals surface area contributed by atoms with Crippen molar-refractivity contribution in [3.8, 4) is 11.3 Å². The molecule has 0 spiro atoms. The van der Waals surface area contributed by atoms with Gasteiger partial charge in [0.05, 0.1) is 22.5 Å². The number of fused-ring (bicyclic) bond motifs is 1. The average Bonchev–Trinajstić information content (AvgIpc) is 2.72. The average molecular weight is 441 g/mol. The fraction of sp³-hybridized carbons (Fsp3) is 0.381. The van der Waals surface area contributed by atoms with Gasteiger partial charge in [-0.2, -0.15) is 26.3 Å². The van der Waals surface area contributed by atoms with Crippen LogP contribution in [0.3, 0.4) is 0 Å². The fourth-order valence-electron chi connectivity index (χ4n) is 4.16. The van der Waals surface area contributed by atoms with Gasteiger partial charge in [0.15, 0.2) is 5.43 Å². The summed E-state index contributed by atoms with van der Waals surface area (Å²) >= 11 is 0. The van der Waals surface area contributed by atoms with Gasteiger partial charge < -0.3 is 4.98 Å². The molecule has 4 rings (SSSR count). The summed E-state index contributed by atoms with van der Waals surface area (Å²) in [6.07, 6.45) is -5.25. The largest absolute Gasteiger partial charge is 0.433 e. The molecular formula is C21H17F6N3O. The Morgan fingerprint density at radius 3 is 2.32 bits per heavy atom. The van der Waals surface area contributed by atoms with Gasteiger partial charge in [0.25, 0.3) is 0 Å². The van der Waals surface area contributed by atoms with E-state index in [0.29, 0.717) is 10.9 Å². The van der Waals surface area contributed by atoms with Crippen LogP contribution in [-0.2, 0) is 6.18 Å². The van der Waals surface area contributed by atoms with Gasteiger partial charge in [-0.1, -0.05) is 0 Å². The number of pyridine rings is 3. The molecule has 1 aliphatic carbocycles. The van der Waals surface area contributed by atoms with Crippen molar-refractivity contribution in [1.29, 1.82) is 0 Å². The van der Waals surface area contributed by atoms with Crippen LogP contribution in [0.1, 0.15) is 42.9 Å². The number of H-pyrrole nitrogens is 1. The van der Waals surface area contributed by atoms with Crippen molar-refractivity contribution in [3.05, 3.63) is 58.3 Å². The van der Waals surface area contributed by atoms with Crippen LogP contribution in [0.4, 0.5) is 26.3 Å². The molecule has 4 nitrogen and oxygen atoms in total. The number of aromatic nitrogens is 3. The predicted molar refractivity (Wildman–Crippen MR) is 101 cm³/mol. The summed E-state index contributed by atoms with van der Waals surface area (Å²) in [4.78, 5) is 22.9. The Hall–Kier alpha value is -2.91. The zero-order valence-corrected chi connectivity index (χ0v) is 16.0. The van der Waals surface area contributed by atoms with E-state index in [0.717, 1.165) is 12.3 Å². The van der Waals surface area contributed by atoms with E-state index >= 15 is 0 Å². The maximum atomic E-state index is 13.3. The number of halogens is 6. The van der Waals surface area contributed by atoms with E-state index in [-0.39, 0.29) is 47.9 Å². The molecule has 0 unspecified atom stereocenters. The van der Waals surface area contributed by atoms with Gasteiger partial charge in [-0.15, -0.1) is 0 Å². The summed E-state index contributed by atoms with van der Waals surface area (Å²) in [5.74, 6) is -1.96. The molecular weight excluding hydrogens is 424 g/mol. The van der Waals surface area contributed by atoms with E-state index in [2.05, 4.69) is 15.0 Å². The van der Waals surface area contributed by atoms with Gasteiger partial charge in [0.1, 0.15) is 5.69 Å². The monoisotopic (exact) mass is 441 g/mol. The highest BCUT2D eigenvalue weighted by Gasteiger charge is 2.42. The Labute approximate surface area is 172 Å². The maximum absolute atomic E-state index is 13.3. The first-order valence-electron chi connectivity index (χ1n) is 9.65. The van der Waals surface area contributed by atoms with Crippen molar-refractivity contribution in [2.24, 2.45) is 5.92 Å². The standard InChI is InChI=1S/C21H17F6N3O/c22-20(23,24)12-3-1-11(2-4-12)13-7-19(21(25,26)27)29-10-14(13)17-8-18(31)15-9-28-6-5-16(15)30-17/h5-12H,1-4H2,(H,30,31). The van der Waals surface area contributed by atoms with E-state index in [1.54, 1.807) is 6.07 Å². The molecule has 3 heterocycles. The van der Waals surface area contributed by atoms with Crippen molar-refractivity contribution in [2.45, 2.75) is 44.0 Å². The minimum absolute atomic E-state index is 0.0974. The second-order valence-electron chi connectivity index (χ2n) is 7.71. The summed E-state index contributed by atoms with van der Waals surface area (Å²) in [5, 5.41) is 0.318. The van der Waals surface area contributed by atoms with Crippen molar-refractivity contribution in [3.63, 3.8) is 0 Å². The fourth-order valence-corrected chi connectivity index (χ4v) is 4.16. The lowest BCUT2D eigenvalue weighted by molar-refractivity contribution is -0.182. The molecule has 0 atom stereocenters. The van der Waals surface area contributed by atoms with E-state index < -0.39 is 29.9 Å². The number of nitrogens with zero attached hydrogens (tertiary/aromatic N) is 2. The summed E-state index contributed by atoms with van der Waals surface area (Å²) < 4.78 is 78.9. The molecule has 0 radical (unpaired) electrons. The van der Waals surface area contributed by atoms with Crippen molar-refractivity contribution < 1.29 is 26.3 Å². The van der Waals surface area contributed by atoms with Crippen molar-refractivity contribution >= 4 is 10.9 Å². The highest BCUT2D eigenvalue weighted by molar-refractivity contribution is 5.80. The van der Waals surface area contributed by atoms with Crippen LogP contribution in [0.2, 0.25) is 0 Å². The molecule has 1 fully saturated rings. The van der Waals surface area contributed by atoms with Crippen LogP contribution >= 0.6 is 0 Å². The maximum Gasteiger partial charge on any atom is 0.433 e. The molecule has 164 valence electrons. The minimum Gasteiger partial charge on any atom is -0.354 e. The number of nitrogens with one attached hydrogen (secondary N) is 1. The predicted octanol–water partition coefficient (Wildman–Crippen LogP) is 5.84. The van der Waals surface area contributed by atoms with Crippen LogP contribution < -0.4 is 5.43 Å². The molecule has 3 aromatic heterocycles. The van der Waals surface area contributed by atoms with Gasteiger partial charge >= 0.3 is 12.4 Å². The summed E-state index contributed by atoms with van der Waals surface area (Å²) in [6, 6.07) is 3.70. The molecule has 0 aromatic carbocycles. The van der Waals surface area contributed by atoms with Gasteiger partial charge in [-0.05, 0) is 49.3 Å². The normalized spacial score (nSPS) is 20.2. The lowest BCUT2D eigenvalue weighted by Gasteiger charge is -2.31. The van der Waals surface area contributed by atoms with Crippen LogP contribution in [0.15, 0.2) is 41.6 Å². The van der Waals surface area contributed by atoms with Crippen LogP contribution in [0.5, 0.6) is 0 Å². The second kappa shape index (κ2) is 7.65. The molecule has 1 saturated carbocycles. The van der Waals surface area contributed by atoms with Crippen molar-refractivity contribution in [2.75, 3.05) is 0 Å². The molecule has 31 heavy (non-hydrogen) atoms. The third-order valence-corrected chi connectivity index (χ3v) is 5.78. The SMILES string of the molecule is O=c1cc(-c2cnc(C(F)(F)F)cc2C2CCC(C(F)(F)F)CC2)[nH]c2ccncc12. The first kappa shape index (κ1) is 21.3. The lowest BCUT2D eigenvalue weighted by atomic mass is 9.77. The molecule has 10 heteroatoms.